The van der Waals surface area contributed by atoms with Crippen LogP contribution in [0.4, 0.5) is 0 Å². The molecule has 0 saturated heterocycles. The SMILES string of the molecule is NCc1cc2c(c(Br)c1O)CCCC2=NO. The molecule has 0 radical (unpaired) electrons. The van der Waals surface area contributed by atoms with E-state index in [1.54, 1.807) is 0 Å². The maximum Gasteiger partial charge on any atom is 0.134 e. The lowest BCUT2D eigenvalue weighted by Crippen LogP contribution is -2.14. The molecule has 0 fully saturated rings. The van der Waals surface area contributed by atoms with E-state index < -0.39 is 0 Å². The maximum absolute atomic E-state index is 9.88. The van der Waals surface area contributed by atoms with Gasteiger partial charge in [0.25, 0.3) is 0 Å². The van der Waals surface area contributed by atoms with Gasteiger partial charge < -0.3 is 16.0 Å². The number of nitrogens with zero attached hydrogens (tertiary/aromatic N) is 1. The van der Waals surface area contributed by atoms with Crippen molar-refractivity contribution in [1.82, 2.24) is 0 Å². The van der Waals surface area contributed by atoms with E-state index in [4.69, 9.17) is 10.9 Å². The van der Waals surface area contributed by atoms with Gasteiger partial charge in [0, 0.05) is 17.7 Å². The highest BCUT2D eigenvalue weighted by molar-refractivity contribution is 9.10. The van der Waals surface area contributed by atoms with E-state index in [9.17, 15) is 5.11 Å². The molecule has 1 aromatic rings. The molecule has 86 valence electrons. The average molecular weight is 285 g/mol. The van der Waals surface area contributed by atoms with Gasteiger partial charge in [0.1, 0.15) is 5.75 Å². The topological polar surface area (TPSA) is 78.8 Å². The molecule has 1 aliphatic rings. The maximum atomic E-state index is 9.88. The van der Waals surface area contributed by atoms with Crippen LogP contribution in [0.2, 0.25) is 0 Å². The number of phenolic OH excluding ortho intramolecular Hbond substituents is 1. The van der Waals surface area contributed by atoms with Crippen molar-refractivity contribution in [3.63, 3.8) is 0 Å². The predicted molar refractivity (Wildman–Crippen MR) is 65.0 cm³/mol. The van der Waals surface area contributed by atoms with E-state index >= 15 is 0 Å². The van der Waals surface area contributed by atoms with Crippen LogP contribution < -0.4 is 5.73 Å². The van der Waals surface area contributed by atoms with Gasteiger partial charge in [-0.2, -0.15) is 0 Å². The Labute approximate surface area is 102 Å². The summed E-state index contributed by atoms with van der Waals surface area (Å²) in [5, 5.41) is 22.1. The first-order valence-electron chi connectivity index (χ1n) is 5.13. The molecule has 0 atom stereocenters. The Balaban J connectivity index is 2.67. The number of oxime groups is 1. The third-order valence-electron chi connectivity index (χ3n) is 2.91. The minimum absolute atomic E-state index is 0.195. The molecular weight excluding hydrogens is 272 g/mol. The zero-order valence-corrected chi connectivity index (χ0v) is 10.3. The van der Waals surface area contributed by atoms with Gasteiger partial charge in [0.15, 0.2) is 0 Å². The number of rotatable bonds is 1. The summed E-state index contributed by atoms with van der Waals surface area (Å²) in [5.41, 5.74) is 8.76. The summed E-state index contributed by atoms with van der Waals surface area (Å²) in [4.78, 5) is 0. The number of hydrogen-bond acceptors (Lipinski definition) is 4. The molecule has 0 aliphatic heterocycles. The van der Waals surface area contributed by atoms with Crippen molar-refractivity contribution in [2.24, 2.45) is 10.9 Å². The fourth-order valence-electron chi connectivity index (χ4n) is 2.06. The first-order valence-corrected chi connectivity index (χ1v) is 5.93. The van der Waals surface area contributed by atoms with E-state index in [0.29, 0.717) is 15.7 Å². The molecule has 4 nitrogen and oxygen atoms in total. The smallest absolute Gasteiger partial charge is 0.134 e. The fourth-order valence-corrected chi connectivity index (χ4v) is 2.73. The Bertz CT molecular complexity index is 458. The molecule has 0 heterocycles. The molecule has 16 heavy (non-hydrogen) atoms. The van der Waals surface area contributed by atoms with Gasteiger partial charge in [-0.15, -0.1) is 0 Å². The Morgan fingerprint density at radius 1 is 1.44 bits per heavy atom. The number of nitrogens with two attached hydrogens (primary N) is 1. The minimum Gasteiger partial charge on any atom is -0.506 e. The summed E-state index contributed by atoms with van der Waals surface area (Å²) in [6.07, 6.45) is 2.55. The Morgan fingerprint density at radius 3 is 2.81 bits per heavy atom. The molecule has 1 aliphatic carbocycles. The van der Waals surface area contributed by atoms with Gasteiger partial charge in [0.05, 0.1) is 10.2 Å². The van der Waals surface area contributed by atoms with E-state index in [2.05, 4.69) is 21.1 Å². The third kappa shape index (κ3) is 1.70. The molecule has 0 spiro atoms. The third-order valence-corrected chi connectivity index (χ3v) is 3.77. The lowest BCUT2D eigenvalue weighted by molar-refractivity contribution is 0.317. The number of hydrogen-bond donors (Lipinski definition) is 3. The lowest BCUT2D eigenvalue weighted by Gasteiger charge is -2.20. The summed E-state index contributed by atoms with van der Waals surface area (Å²) >= 11 is 3.37. The molecule has 0 saturated carbocycles. The molecule has 0 aromatic heterocycles. The minimum atomic E-state index is 0.195. The highest BCUT2D eigenvalue weighted by Crippen LogP contribution is 2.37. The van der Waals surface area contributed by atoms with Crippen molar-refractivity contribution in [1.29, 1.82) is 0 Å². The van der Waals surface area contributed by atoms with Crippen molar-refractivity contribution >= 4 is 21.6 Å². The van der Waals surface area contributed by atoms with Gasteiger partial charge in [-0.25, -0.2) is 0 Å². The predicted octanol–water partition coefficient (Wildman–Crippen LogP) is 2.13. The normalized spacial score (nSPS) is 17.5. The Hall–Kier alpha value is -1.07. The summed E-state index contributed by atoms with van der Waals surface area (Å²) in [7, 11) is 0. The number of halogens is 1. The highest BCUT2D eigenvalue weighted by atomic mass is 79.9. The zero-order valence-electron chi connectivity index (χ0n) is 8.70. The largest absolute Gasteiger partial charge is 0.506 e. The molecule has 0 bridgehead atoms. The van der Waals surface area contributed by atoms with Crippen LogP contribution in [0, 0.1) is 0 Å². The summed E-state index contributed by atoms with van der Waals surface area (Å²) < 4.78 is 0.673. The van der Waals surface area contributed by atoms with Crippen LogP contribution in [0.15, 0.2) is 15.7 Å². The van der Waals surface area contributed by atoms with Crippen molar-refractivity contribution in [2.45, 2.75) is 25.8 Å². The number of fused-ring (bicyclic) bond motifs is 1. The first kappa shape index (κ1) is 11.4. The molecule has 5 heteroatoms. The second-order valence-corrected chi connectivity index (χ2v) is 4.62. The average Bonchev–Trinajstić information content (AvgIpc) is 2.33. The molecule has 0 unspecified atom stereocenters. The van der Waals surface area contributed by atoms with Crippen molar-refractivity contribution in [2.75, 3.05) is 0 Å². The van der Waals surface area contributed by atoms with E-state index in [1.807, 2.05) is 6.07 Å². The first-order chi connectivity index (χ1) is 7.69. The summed E-state index contributed by atoms with van der Waals surface area (Å²) in [5.74, 6) is 0.195. The van der Waals surface area contributed by atoms with Crippen molar-refractivity contribution in [3.05, 3.63) is 27.2 Å². The fraction of sp³-hybridized carbons (Fsp3) is 0.364. The Morgan fingerprint density at radius 2 is 2.19 bits per heavy atom. The summed E-state index contributed by atoms with van der Waals surface area (Å²) in [6.45, 7) is 0.260. The molecule has 1 aromatic carbocycles. The van der Waals surface area contributed by atoms with Crippen molar-refractivity contribution < 1.29 is 10.3 Å². The molecule has 2 rings (SSSR count). The van der Waals surface area contributed by atoms with Crippen molar-refractivity contribution in [3.8, 4) is 5.75 Å². The van der Waals surface area contributed by atoms with Crippen LogP contribution in [-0.4, -0.2) is 16.0 Å². The monoisotopic (exact) mass is 284 g/mol. The number of aromatic hydroxyl groups is 1. The standard InChI is InChI=1S/C11H13BrN2O2/c12-10-7-2-1-3-9(14-16)8(7)4-6(5-13)11(10)15/h4,15-16H,1-3,5,13H2. The lowest BCUT2D eigenvalue weighted by atomic mass is 9.88. The second-order valence-electron chi connectivity index (χ2n) is 3.83. The van der Waals surface area contributed by atoms with Crippen LogP contribution in [0.25, 0.3) is 0 Å². The van der Waals surface area contributed by atoms with Gasteiger partial charge >= 0.3 is 0 Å². The highest BCUT2D eigenvalue weighted by Gasteiger charge is 2.22. The number of benzene rings is 1. The summed E-state index contributed by atoms with van der Waals surface area (Å²) in [6, 6.07) is 1.81. The van der Waals surface area contributed by atoms with E-state index in [0.717, 1.165) is 30.4 Å². The van der Waals surface area contributed by atoms with E-state index in [1.165, 1.54) is 0 Å². The Kier molecular flexibility index (Phi) is 3.16. The molecule has 4 N–H and O–H groups in total. The van der Waals surface area contributed by atoms with Gasteiger partial charge in [-0.05, 0) is 46.8 Å². The van der Waals surface area contributed by atoms with Crippen LogP contribution in [0.5, 0.6) is 5.75 Å². The molecular formula is C11H13BrN2O2. The van der Waals surface area contributed by atoms with Crippen LogP contribution in [-0.2, 0) is 13.0 Å². The molecule has 0 amide bonds. The quantitative estimate of drug-likeness (QED) is 0.546. The van der Waals surface area contributed by atoms with E-state index in [-0.39, 0.29) is 12.3 Å². The zero-order chi connectivity index (χ0) is 11.7. The van der Waals surface area contributed by atoms with Gasteiger partial charge in [-0.1, -0.05) is 5.16 Å². The number of phenols is 1. The van der Waals surface area contributed by atoms with Crippen LogP contribution in [0.3, 0.4) is 0 Å². The second kappa shape index (κ2) is 4.43. The van der Waals surface area contributed by atoms with Gasteiger partial charge in [0.2, 0.25) is 0 Å². The van der Waals surface area contributed by atoms with Crippen LogP contribution >= 0.6 is 15.9 Å². The van der Waals surface area contributed by atoms with Crippen LogP contribution in [0.1, 0.15) is 29.5 Å². The van der Waals surface area contributed by atoms with Gasteiger partial charge in [-0.3, -0.25) is 0 Å².